The number of hydrogen-bond donors (Lipinski definition) is 1. The zero-order valence-electron chi connectivity index (χ0n) is 11.6. The molecule has 1 N–H and O–H groups in total. The van der Waals surface area contributed by atoms with Crippen LogP contribution in [0.25, 0.3) is 0 Å². The Kier molecular flexibility index (Phi) is 3.88. The van der Waals surface area contributed by atoms with E-state index in [1.165, 1.54) is 36.1 Å². The van der Waals surface area contributed by atoms with Crippen LogP contribution < -0.4 is 5.32 Å². The van der Waals surface area contributed by atoms with Gasteiger partial charge in [0.05, 0.1) is 0 Å². The Balaban J connectivity index is 1.98. The molecule has 1 aliphatic carbocycles. The summed E-state index contributed by atoms with van der Waals surface area (Å²) in [5.74, 6) is 1.70. The van der Waals surface area contributed by atoms with E-state index < -0.39 is 0 Å². The summed E-state index contributed by atoms with van der Waals surface area (Å²) in [5.41, 5.74) is 5.94. The van der Waals surface area contributed by atoms with Gasteiger partial charge in [-0.1, -0.05) is 19.1 Å². The molecule has 1 saturated carbocycles. The fraction of sp³-hybridized carbons (Fsp3) is 0.625. The van der Waals surface area contributed by atoms with Gasteiger partial charge < -0.3 is 5.32 Å². The number of aryl methyl sites for hydroxylation is 3. The van der Waals surface area contributed by atoms with Gasteiger partial charge in [-0.2, -0.15) is 0 Å². The predicted octanol–water partition coefficient (Wildman–Crippen LogP) is 3.71. The highest BCUT2D eigenvalue weighted by molar-refractivity contribution is 5.41. The van der Waals surface area contributed by atoms with Gasteiger partial charge in [0.2, 0.25) is 0 Å². The van der Waals surface area contributed by atoms with Gasteiger partial charge in [-0.3, -0.25) is 0 Å². The lowest BCUT2D eigenvalue weighted by molar-refractivity contribution is 0.619. The third kappa shape index (κ3) is 2.90. The molecule has 1 aliphatic rings. The molecule has 2 atom stereocenters. The molecular formula is C16H25N. The average Bonchev–Trinajstić information content (AvgIpc) is 3.03. The van der Waals surface area contributed by atoms with E-state index in [0.29, 0.717) is 0 Å². The van der Waals surface area contributed by atoms with E-state index in [-0.39, 0.29) is 0 Å². The zero-order valence-corrected chi connectivity index (χ0v) is 11.6. The van der Waals surface area contributed by atoms with Crippen LogP contribution in [0, 0.1) is 26.7 Å². The lowest BCUT2D eigenvalue weighted by Crippen LogP contribution is -2.18. The maximum atomic E-state index is 3.54. The summed E-state index contributed by atoms with van der Waals surface area (Å²) in [6, 6.07) is 4.76. The van der Waals surface area contributed by atoms with E-state index in [0.717, 1.165) is 18.4 Å². The first-order valence-corrected chi connectivity index (χ1v) is 6.92. The third-order valence-corrected chi connectivity index (χ3v) is 4.04. The van der Waals surface area contributed by atoms with Gasteiger partial charge in [0, 0.05) is 0 Å². The molecule has 0 aromatic heterocycles. The van der Waals surface area contributed by atoms with Gasteiger partial charge in [0.15, 0.2) is 0 Å². The summed E-state index contributed by atoms with van der Waals surface area (Å²) in [6.45, 7) is 11.3. The minimum absolute atomic E-state index is 0.818. The van der Waals surface area contributed by atoms with Crippen LogP contribution in [-0.4, -0.2) is 13.1 Å². The van der Waals surface area contributed by atoms with E-state index in [9.17, 15) is 0 Å². The molecule has 2 rings (SSSR count). The van der Waals surface area contributed by atoms with Crippen molar-refractivity contribution < 1.29 is 0 Å². The molecule has 1 fully saturated rings. The van der Waals surface area contributed by atoms with Crippen molar-refractivity contribution in [1.82, 2.24) is 5.32 Å². The van der Waals surface area contributed by atoms with E-state index in [1.54, 1.807) is 5.56 Å². The van der Waals surface area contributed by atoms with E-state index in [1.807, 2.05) is 0 Å². The maximum Gasteiger partial charge on any atom is -0.00144 e. The molecule has 0 bridgehead atoms. The van der Waals surface area contributed by atoms with Crippen molar-refractivity contribution in [3.8, 4) is 0 Å². The molecule has 1 aromatic carbocycles. The number of nitrogens with one attached hydrogen (secondary N) is 1. The molecule has 0 spiro atoms. The molecule has 0 saturated heterocycles. The van der Waals surface area contributed by atoms with E-state index >= 15 is 0 Å². The van der Waals surface area contributed by atoms with Crippen molar-refractivity contribution in [3.05, 3.63) is 34.4 Å². The summed E-state index contributed by atoms with van der Waals surface area (Å²) in [4.78, 5) is 0. The summed E-state index contributed by atoms with van der Waals surface area (Å²) in [7, 11) is 0. The minimum atomic E-state index is 0.818. The lowest BCUT2D eigenvalue weighted by atomic mass is 9.97. The molecule has 0 heterocycles. The highest BCUT2D eigenvalue weighted by Crippen LogP contribution is 2.48. The fourth-order valence-electron chi connectivity index (χ4n) is 2.70. The van der Waals surface area contributed by atoms with Crippen molar-refractivity contribution in [2.75, 3.05) is 13.1 Å². The molecule has 1 heteroatoms. The SMILES string of the molecule is CCCNCC1CC1c1cc(C)c(C)cc1C. The Hall–Kier alpha value is -0.820. The molecular weight excluding hydrogens is 206 g/mol. The Morgan fingerprint density at radius 2 is 1.82 bits per heavy atom. The maximum absolute atomic E-state index is 3.54. The highest BCUT2D eigenvalue weighted by atomic mass is 14.9. The largest absolute Gasteiger partial charge is 0.316 e. The molecule has 0 aliphatic heterocycles. The predicted molar refractivity (Wildman–Crippen MR) is 74.7 cm³/mol. The Morgan fingerprint density at radius 3 is 2.53 bits per heavy atom. The summed E-state index contributed by atoms with van der Waals surface area (Å²) < 4.78 is 0. The molecule has 1 aromatic rings. The van der Waals surface area contributed by atoms with E-state index in [4.69, 9.17) is 0 Å². The third-order valence-electron chi connectivity index (χ3n) is 4.04. The van der Waals surface area contributed by atoms with Gasteiger partial charge >= 0.3 is 0 Å². The number of rotatable bonds is 5. The van der Waals surface area contributed by atoms with Gasteiger partial charge in [0.25, 0.3) is 0 Å². The van der Waals surface area contributed by atoms with E-state index in [2.05, 4.69) is 45.1 Å². The Bertz CT molecular complexity index is 395. The Morgan fingerprint density at radius 1 is 1.12 bits per heavy atom. The number of hydrogen-bond acceptors (Lipinski definition) is 1. The van der Waals surface area contributed by atoms with Crippen LogP contribution in [0.5, 0.6) is 0 Å². The van der Waals surface area contributed by atoms with Crippen molar-refractivity contribution in [1.29, 1.82) is 0 Å². The quantitative estimate of drug-likeness (QED) is 0.762. The lowest BCUT2D eigenvalue weighted by Gasteiger charge is -2.10. The average molecular weight is 231 g/mol. The van der Waals surface area contributed by atoms with Crippen LogP contribution in [0.2, 0.25) is 0 Å². The molecule has 17 heavy (non-hydrogen) atoms. The van der Waals surface area contributed by atoms with Crippen molar-refractivity contribution >= 4 is 0 Å². The smallest absolute Gasteiger partial charge is 0.00144 e. The van der Waals surface area contributed by atoms with Crippen molar-refractivity contribution in [2.45, 2.75) is 46.5 Å². The van der Waals surface area contributed by atoms with Crippen LogP contribution in [0.3, 0.4) is 0 Å². The molecule has 2 unspecified atom stereocenters. The fourth-order valence-corrected chi connectivity index (χ4v) is 2.70. The van der Waals surface area contributed by atoms with Gasteiger partial charge in [-0.15, -0.1) is 0 Å². The Labute approximate surface area is 106 Å². The van der Waals surface area contributed by atoms with Crippen LogP contribution in [-0.2, 0) is 0 Å². The zero-order chi connectivity index (χ0) is 12.4. The second-order valence-corrected chi connectivity index (χ2v) is 5.60. The first kappa shape index (κ1) is 12.6. The van der Waals surface area contributed by atoms with Crippen LogP contribution in [0.1, 0.15) is 47.9 Å². The highest BCUT2D eigenvalue weighted by Gasteiger charge is 2.38. The van der Waals surface area contributed by atoms with Crippen LogP contribution in [0.15, 0.2) is 12.1 Å². The van der Waals surface area contributed by atoms with Crippen LogP contribution in [0.4, 0.5) is 0 Å². The number of benzene rings is 1. The molecule has 0 amide bonds. The van der Waals surface area contributed by atoms with Gasteiger partial charge in [-0.05, 0) is 80.8 Å². The van der Waals surface area contributed by atoms with Crippen molar-refractivity contribution in [3.63, 3.8) is 0 Å². The van der Waals surface area contributed by atoms with Gasteiger partial charge in [-0.25, -0.2) is 0 Å². The summed E-state index contributed by atoms with van der Waals surface area (Å²) in [5, 5.41) is 3.54. The normalized spacial score (nSPS) is 22.8. The van der Waals surface area contributed by atoms with Crippen LogP contribution >= 0.6 is 0 Å². The van der Waals surface area contributed by atoms with Crippen molar-refractivity contribution in [2.24, 2.45) is 5.92 Å². The summed E-state index contributed by atoms with van der Waals surface area (Å²) >= 11 is 0. The minimum Gasteiger partial charge on any atom is -0.316 e. The molecule has 94 valence electrons. The summed E-state index contributed by atoms with van der Waals surface area (Å²) in [6.07, 6.45) is 2.61. The first-order valence-electron chi connectivity index (χ1n) is 6.92. The topological polar surface area (TPSA) is 12.0 Å². The second-order valence-electron chi connectivity index (χ2n) is 5.60. The molecule has 0 radical (unpaired) electrons. The first-order chi connectivity index (χ1) is 8.13. The monoisotopic (exact) mass is 231 g/mol. The second kappa shape index (κ2) is 5.22. The molecule has 1 nitrogen and oxygen atoms in total. The van der Waals surface area contributed by atoms with Gasteiger partial charge in [0.1, 0.15) is 0 Å². The standard InChI is InChI=1S/C16H25N/c1-5-6-17-10-14-9-16(14)15-8-12(3)11(2)7-13(15)4/h7-8,14,16-17H,5-6,9-10H2,1-4H3.